The molecule has 5 heterocycles. The number of carboxylic acid groups (broad SMARTS) is 1. The second kappa shape index (κ2) is 19.8. The number of thioether (sulfide) groups is 1. The van der Waals surface area contributed by atoms with Gasteiger partial charge in [-0.25, -0.2) is 23.5 Å². The predicted octanol–water partition coefficient (Wildman–Crippen LogP) is 6.79. The number of unbranched alkanes of at least 4 members (excludes halogenated alkanes) is 8. The number of aromatic nitrogens is 3. The van der Waals surface area contributed by atoms with E-state index in [1.165, 1.54) is 48.4 Å². The molecule has 4 aromatic rings. The van der Waals surface area contributed by atoms with Crippen LogP contribution in [0.4, 0.5) is 15.9 Å². The Balaban J connectivity index is 1.04. The number of ether oxygens (including phenoxy) is 2. The van der Waals surface area contributed by atoms with Crippen molar-refractivity contribution in [1.29, 1.82) is 0 Å². The quantitative estimate of drug-likeness (QED) is 0.0374. The van der Waals surface area contributed by atoms with Gasteiger partial charge < -0.3 is 43.0 Å². The van der Waals surface area contributed by atoms with Gasteiger partial charge in [-0.3, -0.25) is 14.5 Å². The zero-order chi connectivity index (χ0) is 42.2. The molecule has 1 fully saturated rings. The largest absolute Gasteiger partial charge is 0.519 e. The van der Waals surface area contributed by atoms with E-state index < -0.39 is 40.0 Å². The van der Waals surface area contributed by atoms with Gasteiger partial charge in [-0.05, 0) is 30.4 Å². The van der Waals surface area contributed by atoms with E-state index in [1.807, 2.05) is 16.7 Å². The number of pyridine rings is 1. The smallest absolute Gasteiger partial charge is 0.477 e. The third kappa shape index (κ3) is 10.4. The van der Waals surface area contributed by atoms with E-state index in [2.05, 4.69) is 11.9 Å². The minimum Gasteiger partial charge on any atom is -0.477 e. The fourth-order valence-corrected chi connectivity index (χ4v) is 8.80. The van der Waals surface area contributed by atoms with Gasteiger partial charge in [0.05, 0.1) is 34.8 Å². The maximum Gasteiger partial charge on any atom is 0.519 e. The zero-order valence-electron chi connectivity index (χ0n) is 33.6. The summed E-state index contributed by atoms with van der Waals surface area (Å²) in [6.45, 7) is 7.14. The molecule has 0 aliphatic carbocycles. The molecule has 0 radical (unpaired) electrons. The van der Waals surface area contributed by atoms with Crippen molar-refractivity contribution < 1.29 is 42.3 Å². The minimum atomic E-state index is -1.35. The maximum absolute atomic E-state index is 15.5. The maximum atomic E-state index is 15.5. The van der Waals surface area contributed by atoms with E-state index in [0.29, 0.717) is 54.7 Å². The number of anilines is 1. The number of piperazine rings is 1. The molecule has 2 aliphatic rings. The fourth-order valence-electron chi connectivity index (χ4n) is 7.65. The average Bonchev–Trinajstić information content (AvgIpc) is 3.73. The van der Waals surface area contributed by atoms with Gasteiger partial charge in [0.1, 0.15) is 30.7 Å². The Morgan fingerprint density at radius 3 is 2.39 bits per heavy atom. The summed E-state index contributed by atoms with van der Waals surface area (Å²) >= 11 is 1.28. The SMILES string of the molecule is CCCCCCCCCCCC(=O)OC(COCc1oc(=O)oc1CN1CCN(c2cc3c(cc2F)c(=O)c(C(=O)O)c2n3C(C)S2)CC1)Cn1c([N+](=O)[O-])cnc1C. The number of hydrogen-bond donors (Lipinski definition) is 1. The number of halogens is 1. The van der Waals surface area contributed by atoms with Crippen LogP contribution >= 0.6 is 11.8 Å². The molecule has 17 nitrogen and oxygen atoms in total. The van der Waals surface area contributed by atoms with Crippen molar-refractivity contribution in [2.45, 2.75) is 121 Å². The van der Waals surface area contributed by atoms with Crippen LogP contribution in [-0.2, 0) is 34.0 Å². The number of rotatable bonds is 22. The van der Waals surface area contributed by atoms with E-state index >= 15 is 4.39 Å². The standard InChI is InChI=1S/C40H51FN6O11S/c1-4-5-6-7-8-9-10-11-12-13-35(48)56-27(21-45-25(2)42-20-34(45)47(53)54)23-55-24-33-32(57-40(52)58-33)22-43-14-16-44(17-15-43)31-19-30-28(18-29(31)41)37(49)36(39(50)51)38-46(30)26(3)59-38/h18-20,26-27H,4-17,21-24H2,1-3H3,(H,50,51). The monoisotopic (exact) mass is 842 g/mol. The first-order valence-corrected chi connectivity index (χ1v) is 21.1. The van der Waals surface area contributed by atoms with Crippen LogP contribution in [0.5, 0.6) is 0 Å². The highest BCUT2D eigenvalue weighted by Crippen LogP contribution is 2.46. The number of aromatic carboxylic acids is 1. The molecule has 320 valence electrons. The molecule has 0 spiro atoms. The molecule has 0 saturated carbocycles. The summed E-state index contributed by atoms with van der Waals surface area (Å²) in [6, 6.07) is 2.72. The molecule has 59 heavy (non-hydrogen) atoms. The first kappa shape index (κ1) is 43.6. The highest BCUT2D eigenvalue weighted by molar-refractivity contribution is 8.00. The van der Waals surface area contributed by atoms with Crippen LogP contribution in [-0.4, -0.2) is 79.9 Å². The lowest BCUT2D eigenvalue weighted by atomic mass is 10.1. The Labute approximate surface area is 343 Å². The molecule has 1 aromatic carbocycles. The number of hydrogen-bond acceptors (Lipinski definition) is 14. The molecular weight excluding hydrogens is 792 g/mol. The number of carbonyl (C=O) groups is 2. The zero-order valence-corrected chi connectivity index (χ0v) is 34.4. The number of esters is 1. The third-order valence-corrected chi connectivity index (χ3v) is 12.0. The molecular formula is C40H51FN6O11S. The van der Waals surface area contributed by atoms with Crippen molar-refractivity contribution in [2.75, 3.05) is 37.7 Å². The first-order valence-electron chi connectivity index (χ1n) is 20.2. The lowest BCUT2D eigenvalue weighted by Crippen LogP contribution is -2.46. The number of carboxylic acids is 1. The van der Waals surface area contributed by atoms with Gasteiger partial charge in [0.15, 0.2) is 23.4 Å². The number of aryl methyl sites for hydroxylation is 1. The van der Waals surface area contributed by atoms with E-state index in [9.17, 15) is 34.4 Å². The Kier molecular flexibility index (Phi) is 14.6. The molecule has 0 bridgehead atoms. The number of fused-ring (bicyclic) bond motifs is 3. The van der Waals surface area contributed by atoms with Crippen LogP contribution in [0.2, 0.25) is 0 Å². The topological polar surface area (TPSA) is 206 Å². The summed E-state index contributed by atoms with van der Waals surface area (Å²) in [5.74, 6) is -2.85. The predicted molar refractivity (Wildman–Crippen MR) is 215 cm³/mol. The Bertz CT molecular complexity index is 2260. The first-order chi connectivity index (χ1) is 28.4. The van der Waals surface area contributed by atoms with Gasteiger partial charge in [0.25, 0.3) is 0 Å². The molecule has 0 amide bonds. The van der Waals surface area contributed by atoms with Crippen LogP contribution < -0.4 is 16.2 Å². The Hall–Kier alpha value is -5.01. The van der Waals surface area contributed by atoms with Crippen molar-refractivity contribution in [1.82, 2.24) is 19.0 Å². The van der Waals surface area contributed by atoms with E-state index in [1.54, 1.807) is 17.6 Å². The number of nitro groups is 1. The van der Waals surface area contributed by atoms with Crippen molar-refractivity contribution in [3.05, 3.63) is 78.0 Å². The normalized spacial score (nSPS) is 15.9. The second-order valence-electron chi connectivity index (χ2n) is 15.0. The van der Waals surface area contributed by atoms with Gasteiger partial charge in [-0.15, -0.1) is 0 Å². The lowest BCUT2D eigenvalue weighted by molar-refractivity contribution is -0.392. The lowest BCUT2D eigenvalue weighted by Gasteiger charge is -2.37. The van der Waals surface area contributed by atoms with E-state index in [0.717, 1.165) is 31.5 Å². The van der Waals surface area contributed by atoms with Crippen LogP contribution in [0.25, 0.3) is 10.9 Å². The van der Waals surface area contributed by atoms with E-state index in [4.69, 9.17) is 18.3 Å². The average molecular weight is 843 g/mol. The van der Waals surface area contributed by atoms with Crippen LogP contribution in [0, 0.1) is 22.9 Å². The van der Waals surface area contributed by atoms with Gasteiger partial charge in [0.2, 0.25) is 5.43 Å². The number of benzene rings is 1. The molecule has 3 aromatic heterocycles. The molecule has 2 atom stereocenters. The van der Waals surface area contributed by atoms with E-state index in [-0.39, 0.29) is 66.4 Å². The molecule has 6 rings (SSSR count). The Morgan fingerprint density at radius 1 is 1.05 bits per heavy atom. The van der Waals surface area contributed by atoms with Crippen LogP contribution in [0.1, 0.15) is 111 Å². The van der Waals surface area contributed by atoms with Crippen molar-refractivity contribution >= 4 is 46.1 Å². The molecule has 19 heteroatoms. The second-order valence-corrected chi connectivity index (χ2v) is 16.3. The Morgan fingerprint density at radius 2 is 1.73 bits per heavy atom. The number of carbonyl (C=O) groups excluding carboxylic acids is 1. The van der Waals surface area contributed by atoms with Gasteiger partial charge in [0, 0.05) is 44.9 Å². The van der Waals surface area contributed by atoms with Gasteiger partial charge in [-0.1, -0.05) is 70.1 Å². The number of nitrogens with zero attached hydrogens (tertiary/aromatic N) is 6. The van der Waals surface area contributed by atoms with Gasteiger partial charge >= 0.3 is 23.6 Å². The fraction of sp³-hybridized carbons (Fsp3) is 0.575. The summed E-state index contributed by atoms with van der Waals surface area (Å²) < 4.78 is 41.0. The summed E-state index contributed by atoms with van der Waals surface area (Å²) in [5, 5.41) is 21.6. The number of imidazole rings is 1. The molecule has 1 N–H and O–H groups in total. The minimum absolute atomic E-state index is 0.0136. The van der Waals surface area contributed by atoms with Crippen LogP contribution in [0.15, 0.2) is 41.8 Å². The summed E-state index contributed by atoms with van der Waals surface area (Å²) in [6.07, 6.45) is 10.3. The highest BCUT2D eigenvalue weighted by Gasteiger charge is 2.34. The highest BCUT2D eigenvalue weighted by atomic mass is 32.2. The summed E-state index contributed by atoms with van der Waals surface area (Å²) in [5.41, 5.74) is -0.301. The summed E-state index contributed by atoms with van der Waals surface area (Å²) in [7, 11) is 0. The third-order valence-electron chi connectivity index (χ3n) is 10.8. The van der Waals surface area contributed by atoms with Crippen molar-refractivity contribution in [2.24, 2.45) is 0 Å². The molecule has 2 aliphatic heterocycles. The summed E-state index contributed by atoms with van der Waals surface area (Å²) in [4.78, 5) is 69.0. The van der Waals surface area contributed by atoms with Crippen molar-refractivity contribution in [3.63, 3.8) is 0 Å². The van der Waals surface area contributed by atoms with Crippen molar-refractivity contribution in [3.8, 4) is 0 Å². The molecule has 1 saturated heterocycles. The van der Waals surface area contributed by atoms with Gasteiger partial charge in [-0.2, -0.15) is 0 Å². The molecule has 2 unspecified atom stereocenters. The van der Waals surface area contributed by atoms with Crippen LogP contribution in [0.3, 0.4) is 0 Å².